The Morgan fingerprint density at radius 3 is 2.51 bits per heavy atom. The maximum absolute atomic E-state index is 14.6. The topological polar surface area (TPSA) is 152 Å². The number of urea groups is 1. The van der Waals surface area contributed by atoms with Gasteiger partial charge in [0.05, 0.1) is 31.1 Å². The van der Waals surface area contributed by atoms with E-state index in [0.29, 0.717) is 25.0 Å². The van der Waals surface area contributed by atoms with Crippen molar-refractivity contribution in [2.75, 3.05) is 62.1 Å². The maximum Gasteiger partial charge on any atom is 0.323 e. The Labute approximate surface area is 265 Å². The number of aliphatic hydroxyl groups is 1. The van der Waals surface area contributed by atoms with E-state index in [4.69, 9.17) is 9.94 Å². The zero-order valence-corrected chi connectivity index (χ0v) is 26.5. The van der Waals surface area contributed by atoms with Crippen molar-refractivity contribution in [1.82, 2.24) is 29.7 Å². The van der Waals surface area contributed by atoms with Crippen LogP contribution in [0.3, 0.4) is 0 Å². The summed E-state index contributed by atoms with van der Waals surface area (Å²) in [7, 11) is 1.52. The monoisotopic (exact) mass is 650 g/mol. The minimum Gasteiger partial charge on any atom is -0.477 e. The molecule has 5 rings (SSSR count). The Morgan fingerprint density at radius 1 is 1.12 bits per heavy atom. The number of nitrogens with zero attached hydrogens (tertiary/aromatic N) is 7. The molecular weight excluding hydrogens is 610 g/mol. The molecule has 4 N–H and O–H groups in total. The molecule has 3 aliphatic rings. The number of nitrogens with one attached hydrogen (secondary N) is 2. The number of hydrogen-bond acceptors (Lipinski definition) is 11. The summed E-state index contributed by atoms with van der Waals surface area (Å²) in [6.07, 6.45) is 8.14. The van der Waals surface area contributed by atoms with E-state index in [1.807, 2.05) is 12.4 Å². The summed E-state index contributed by atoms with van der Waals surface area (Å²) in [5, 5.41) is 20.9. The van der Waals surface area contributed by atoms with Gasteiger partial charge in [-0.3, -0.25) is 16.0 Å². The van der Waals surface area contributed by atoms with Crippen LogP contribution in [0.5, 0.6) is 5.88 Å². The standard InChI is InChI=1S/C17H23FN8O3.C9H17NO.Y/c1-3-29-15-9-20-14(8-21-15)23-17(27)25(2)12-10-26(7-5-11(12)18)16-19-6-4-13(22-16)24-28;11-9-3-5-10(6-4-9)7-8-1-2-8;/h4,6,8-9,11-12,28H,3,5,7,10H2,1-2H3,(H,19,22,24)(H,20,23,27);8-9,11H,1-7H2;. The predicted octanol–water partition coefficient (Wildman–Crippen LogP) is 2.40. The van der Waals surface area contributed by atoms with Gasteiger partial charge in [-0.15, -0.1) is 0 Å². The quantitative estimate of drug-likeness (QED) is 0.312. The molecule has 0 aromatic carbocycles. The van der Waals surface area contributed by atoms with Crippen LogP contribution in [0.1, 0.15) is 39.0 Å². The maximum atomic E-state index is 14.6. The summed E-state index contributed by atoms with van der Waals surface area (Å²) in [5.41, 5.74) is 1.96. The van der Waals surface area contributed by atoms with Crippen LogP contribution in [-0.4, -0.2) is 111 Å². The molecule has 2 amide bonds. The van der Waals surface area contributed by atoms with Gasteiger partial charge in [0, 0.05) is 84.7 Å². The van der Waals surface area contributed by atoms with E-state index >= 15 is 0 Å². The normalized spacial score (nSPS) is 21.1. The molecule has 13 nitrogen and oxygen atoms in total. The van der Waals surface area contributed by atoms with Crippen molar-refractivity contribution in [3.05, 3.63) is 24.7 Å². The van der Waals surface area contributed by atoms with E-state index in [9.17, 15) is 14.3 Å². The van der Waals surface area contributed by atoms with Crippen LogP contribution in [0.2, 0.25) is 0 Å². The largest absolute Gasteiger partial charge is 0.477 e. The fraction of sp³-hybridized carbons (Fsp3) is 0.654. The fourth-order valence-electron chi connectivity index (χ4n) is 4.73. The molecule has 223 valence electrons. The Bertz CT molecular complexity index is 1080. The number of halogens is 1. The SMILES string of the molecule is CCOc1cnc(NC(=O)N(C)C2CN(c3nccc(NO)n3)CCC2F)cn1.OC1CCN(CC2CC2)CC1.[Y]. The Balaban J connectivity index is 0.000000321. The van der Waals surface area contributed by atoms with Gasteiger partial charge in [0.15, 0.2) is 11.6 Å². The molecule has 2 unspecified atom stereocenters. The number of aliphatic hydroxyl groups excluding tert-OH is 1. The summed E-state index contributed by atoms with van der Waals surface area (Å²) < 4.78 is 19.8. The number of hydrogen-bond donors (Lipinski definition) is 4. The van der Waals surface area contributed by atoms with Gasteiger partial charge in [-0.25, -0.2) is 24.1 Å². The van der Waals surface area contributed by atoms with E-state index in [2.05, 4.69) is 30.2 Å². The first-order valence-corrected chi connectivity index (χ1v) is 13.9. The molecule has 2 aliphatic heterocycles. The molecule has 4 heterocycles. The Hall–Kier alpha value is -2.26. The number of alkyl halides is 1. The van der Waals surface area contributed by atoms with Crippen molar-refractivity contribution in [2.24, 2.45) is 5.92 Å². The second-order valence-corrected chi connectivity index (χ2v) is 10.4. The molecule has 2 saturated heterocycles. The summed E-state index contributed by atoms with van der Waals surface area (Å²) in [4.78, 5) is 34.5. The van der Waals surface area contributed by atoms with Crippen molar-refractivity contribution in [1.29, 1.82) is 0 Å². The van der Waals surface area contributed by atoms with Crippen LogP contribution in [0.25, 0.3) is 0 Å². The molecule has 2 atom stereocenters. The third-order valence-corrected chi connectivity index (χ3v) is 7.28. The number of aromatic nitrogens is 4. The van der Waals surface area contributed by atoms with E-state index in [1.165, 1.54) is 56.0 Å². The Morgan fingerprint density at radius 2 is 1.88 bits per heavy atom. The summed E-state index contributed by atoms with van der Waals surface area (Å²) in [5.74, 6) is 2.16. The van der Waals surface area contributed by atoms with Gasteiger partial charge in [-0.2, -0.15) is 4.98 Å². The molecule has 2 aromatic rings. The first-order valence-electron chi connectivity index (χ1n) is 13.9. The molecule has 3 fully saturated rings. The predicted molar refractivity (Wildman–Crippen MR) is 147 cm³/mol. The average Bonchev–Trinajstić information content (AvgIpc) is 3.80. The number of rotatable bonds is 8. The fourth-order valence-corrected chi connectivity index (χ4v) is 4.73. The first-order chi connectivity index (χ1) is 19.4. The molecular formula is C26H40FN9O4Y. The Kier molecular flexibility index (Phi) is 13.3. The van der Waals surface area contributed by atoms with Crippen molar-refractivity contribution < 1.29 is 56.9 Å². The molecule has 0 bridgehead atoms. The van der Waals surface area contributed by atoms with Crippen LogP contribution in [-0.2, 0) is 32.7 Å². The summed E-state index contributed by atoms with van der Waals surface area (Å²) >= 11 is 0. The van der Waals surface area contributed by atoms with Crippen LogP contribution >= 0.6 is 0 Å². The number of likely N-dealkylation sites (N-methyl/N-ethyl adjacent to an activating group) is 1. The van der Waals surface area contributed by atoms with Crippen molar-refractivity contribution in [3.8, 4) is 5.88 Å². The van der Waals surface area contributed by atoms with Crippen LogP contribution in [0, 0.1) is 5.92 Å². The van der Waals surface area contributed by atoms with Gasteiger partial charge in [-0.1, -0.05) is 0 Å². The van der Waals surface area contributed by atoms with Gasteiger partial charge < -0.3 is 24.5 Å². The molecule has 1 saturated carbocycles. The first kappa shape index (κ1) is 33.2. The third kappa shape index (κ3) is 10.2. The van der Waals surface area contributed by atoms with Gasteiger partial charge in [0.2, 0.25) is 11.8 Å². The van der Waals surface area contributed by atoms with Crippen LogP contribution in [0.15, 0.2) is 24.7 Å². The van der Waals surface area contributed by atoms with E-state index in [1.54, 1.807) is 4.90 Å². The smallest absolute Gasteiger partial charge is 0.323 e. The second-order valence-electron chi connectivity index (χ2n) is 10.4. The number of ether oxygens (including phenoxy) is 1. The second kappa shape index (κ2) is 16.4. The number of carbonyl (C=O) groups excluding carboxylic acids is 1. The number of piperidine rings is 2. The average molecular weight is 651 g/mol. The number of carbonyl (C=O) groups is 1. The third-order valence-electron chi connectivity index (χ3n) is 7.28. The van der Waals surface area contributed by atoms with Gasteiger partial charge in [0.1, 0.15) is 6.17 Å². The van der Waals surface area contributed by atoms with Crippen LogP contribution < -0.4 is 20.4 Å². The van der Waals surface area contributed by atoms with Gasteiger partial charge >= 0.3 is 6.03 Å². The number of amides is 2. The summed E-state index contributed by atoms with van der Waals surface area (Å²) in [6.45, 7) is 6.43. The molecule has 0 spiro atoms. The van der Waals surface area contributed by atoms with Crippen LogP contribution in [0.4, 0.5) is 26.8 Å². The van der Waals surface area contributed by atoms with Crippen molar-refractivity contribution in [3.63, 3.8) is 0 Å². The molecule has 1 aliphatic carbocycles. The molecule has 15 heteroatoms. The zero-order chi connectivity index (χ0) is 28.5. The molecule has 41 heavy (non-hydrogen) atoms. The van der Waals surface area contributed by atoms with Gasteiger partial charge in [0.25, 0.3) is 0 Å². The minimum absolute atomic E-state index is 0. The van der Waals surface area contributed by atoms with Crippen molar-refractivity contribution >= 4 is 23.6 Å². The number of anilines is 3. The van der Waals surface area contributed by atoms with Crippen molar-refractivity contribution in [2.45, 2.75) is 57.3 Å². The van der Waals surface area contributed by atoms with E-state index < -0.39 is 18.2 Å². The van der Waals surface area contributed by atoms with E-state index in [0.717, 1.165) is 31.8 Å². The summed E-state index contributed by atoms with van der Waals surface area (Å²) in [6, 6.07) is 0.277. The zero-order valence-electron chi connectivity index (χ0n) is 23.7. The van der Waals surface area contributed by atoms with E-state index in [-0.39, 0.29) is 63.4 Å². The molecule has 2 aromatic heterocycles. The number of likely N-dealkylation sites (tertiary alicyclic amines) is 1. The van der Waals surface area contributed by atoms with Gasteiger partial charge in [-0.05, 0) is 44.9 Å². The minimum atomic E-state index is -1.20. The molecule has 1 radical (unpaired) electrons.